The Hall–Kier alpha value is -1.54. The summed E-state index contributed by atoms with van der Waals surface area (Å²) in [7, 11) is 0. The first-order chi connectivity index (χ1) is 9.68. The third-order valence-electron chi connectivity index (χ3n) is 5.37. The lowest BCUT2D eigenvalue weighted by molar-refractivity contribution is 0.270. The van der Waals surface area contributed by atoms with Crippen molar-refractivity contribution in [2.45, 2.75) is 26.3 Å². The molecule has 1 aliphatic carbocycles. The van der Waals surface area contributed by atoms with Gasteiger partial charge in [0, 0.05) is 19.6 Å². The zero-order valence-electron chi connectivity index (χ0n) is 12.0. The summed E-state index contributed by atoms with van der Waals surface area (Å²) in [6, 6.07) is 12.2. The van der Waals surface area contributed by atoms with E-state index >= 15 is 0 Å². The Morgan fingerprint density at radius 3 is 2.80 bits per heavy atom. The maximum absolute atomic E-state index is 9.51. The SMILES string of the molecule is CCC12CC1CN(Cc1ccc3cc(O)ccc3c1)C2. The van der Waals surface area contributed by atoms with Gasteiger partial charge in [-0.3, -0.25) is 4.90 Å². The van der Waals surface area contributed by atoms with Crippen LogP contribution in [0.15, 0.2) is 36.4 Å². The zero-order valence-corrected chi connectivity index (χ0v) is 12.0. The van der Waals surface area contributed by atoms with Crippen molar-refractivity contribution in [2.75, 3.05) is 13.1 Å². The van der Waals surface area contributed by atoms with E-state index < -0.39 is 0 Å². The highest BCUT2D eigenvalue weighted by atomic mass is 16.3. The number of nitrogens with zero attached hydrogens (tertiary/aromatic N) is 1. The van der Waals surface area contributed by atoms with Crippen molar-refractivity contribution in [1.82, 2.24) is 4.90 Å². The van der Waals surface area contributed by atoms with Crippen LogP contribution in [0.5, 0.6) is 5.75 Å². The maximum atomic E-state index is 9.51. The van der Waals surface area contributed by atoms with Gasteiger partial charge in [0.05, 0.1) is 0 Å². The normalized spacial score (nSPS) is 28.8. The predicted molar refractivity (Wildman–Crippen MR) is 81.7 cm³/mol. The Labute approximate surface area is 120 Å². The number of likely N-dealkylation sites (tertiary alicyclic amines) is 1. The number of fused-ring (bicyclic) bond motifs is 2. The molecule has 0 bridgehead atoms. The highest BCUT2D eigenvalue weighted by Crippen LogP contribution is 2.60. The summed E-state index contributed by atoms with van der Waals surface area (Å²) in [6.07, 6.45) is 2.79. The minimum Gasteiger partial charge on any atom is -0.508 e. The van der Waals surface area contributed by atoms with Gasteiger partial charge < -0.3 is 5.11 Å². The van der Waals surface area contributed by atoms with Crippen LogP contribution in [0.3, 0.4) is 0 Å². The molecular formula is C18H21NO. The van der Waals surface area contributed by atoms with Gasteiger partial charge in [0.25, 0.3) is 0 Å². The Kier molecular flexibility index (Phi) is 2.58. The van der Waals surface area contributed by atoms with Gasteiger partial charge in [-0.15, -0.1) is 0 Å². The van der Waals surface area contributed by atoms with E-state index in [0.29, 0.717) is 11.2 Å². The Bertz CT molecular complexity index is 662. The van der Waals surface area contributed by atoms with Crippen LogP contribution in [0.2, 0.25) is 0 Å². The van der Waals surface area contributed by atoms with Crippen LogP contribution >= 0.6 is 0 Å². The van der Waals surface area contributed by atoms with Gasteiger partial charge in [-0.25, -0.2) is 0 Å². The van der Waals surface area contributed by atoms with Crippen LogP contribution in [0.1, 0.15) is 25.3 Å². The third-order valence-corrected chi connectivity index (χ3v) is 5.37. The van der Waals surface area contributed by atoms with Gasteiger partial charge in [-0.05, 0) is 58.7 Å². The molecule has 2 atom stereocenters. The van der Waals surface area contributed by atoms with Crippen LogP contribution in [-0.4, -0.2) is 23.1 Å². The lowest BCUT2D eigenvalue weighted by Gasteiger charge is -2.20. The number of hydrogen-bond donors (Lipinski definition) is 1. The molecule has 1 saturated heterocycles. The number of piperidine rings is 1. The largest absolute Gasteiger partial charge is 0.508 e. The van der Waals surface area contributed by atoms with Gasteiger partial charge in [0.2, 0.25) is 0 Å². The highest BCUT2D eigenvalue weighted by molar-refractivity contribution is 5.84. The predicted octanol–water partition coefficient (Wildman–Crippen LogP) is 3.78. The third kappa shape index (κ3) is 1.90. The van der Waals surface area contributed by atoms with Crippen molar-refractivity contribution in [3.05, 3.63) is 42.0 Å². The average molecular weight is 267 g/mol. The zero-order chi connectivity index (χ0) is 13.7. The molecule has 20 heavy (non-hydrogen) atoms. The van der Waals surface area contributed by atoms with Gasteiger partial charge in [0.15, 0.2) is 0 Å². The summed E-state index contributed by atoms with van der Waals surface area (Å²) in [5.74, 6) is 1.31. The highest BCUT2D eigenvalue weighted by Gasteiger charge is 2.57. The Morgan fingerprint density at radius 2 is 2.00 bits per heavy atom. The van der Waals surface area contributed by atoms with E-state index in [0.717, 1.165) is 17.8 Å². The minimum absolute atomic E-state index is 0.342. The molecule has 1 N–H and O–H groups in total. The standard InChI is InChI=1S/C18H21NO/c1-2-18-9-16(18)11-19(12-18)10-13-3-4-15-8-17(20)6-5-14(15)7-13/h3-8,16,20H,2,9-12H2,1H3. The van der Waals surface area contributed by atoms with Crippen LogP contribution in [0.4, 0.5) is 0 Å². The second-order valence-electron chi connectivity index (χ2n) is 6.65. The number of aromatic hydroxyl groups is 1. The molecule has 2 nitrogen and oxygen atoms in total. The molecule has 0 radical (unpaired) electrons. The number of benzene rings is 2. The molecule has 2 unspecified atom stereocenters. The van der Waals surface area contributed by atoms with Crippen LogP contribution < -0.4 is 0 Å². The Morgan fingerprint density at radius 1 is 1.20 bits per heavy atom. The summed E-state index contributed by atoms with van der Waals surface area (Å²) in [5.41, 5.74) is 2.05. The molecule has 2 aliphatic rings. The van der Waals surface area contributed by atoms with E-state index in [1.807, 2.05) is 12.1 Å². The second kappa shape index (κ2) is 4.23. The lowest BCUT2D eigenvalue weighted by atomic mass is 10.0. The van der Waals surface area contributed by atoms with E-state index in [1.165, 1.54) is 36.9 Å². The van der Waals surface area contributed by atoms with Crippen molar-refractivity contribution in [2.24, 2.45) is 11.3 Å². The first kappa shape index (κ1) is 12.2. The van der Waals surface area contributed by atoms with Gasteiger partial charge in [-0.1, -0.05) is 25.1 Å². The van der Waals surface area contributed by atoms with E-state index in [-0.39, 0.29) is 0 Å². The summed E-state index contributed by atoms with van der Waals surface area (Å²) < 4.78 is 0. The fraction of sp³-hybridized carbons (Fsp3) is 0.444. The van der Waals surface area contributed by atoms with E-state index in [9.17, 15) is 5.11 Å². The molecule has 2 aromatic rings. The molecule has 104 valence electrons. The summed E-state index contributed by atoms with van der Waals surface area (Å²) in [6.45, 7) is 5.96. The van der Waals surface area contributed by atoms with Crippen LogP contribution in [-0.2, 0) is 6.54 Å². The number of phenols is 1. The fourth-order valence-corrected chi connectivity index (χ4v) is 4.01. The smallest absolute Gasteiger partial charge is 0.116 e. The van der Waals surface area contributed by atoms with Crippen molar-refractivity contribution in [3.63, 3.8) is 0 Å². The topological polar surface area (TPSA) is 23.5 Å². The molecule has 2 fully saturated rings. The molecule has 4 rings (SSSR count). The maximum Gasteiger partial charge on any atom is 0.116 e. The minimum atomic E-state index is 0.342. The molecule has 2 heteroatoms. The second-order valence-corrected chi connectivity index (χ2v) is 6.65. The van der Waals surface area contributed by atoms with Gasteiger partial charge in [-0.2, -0.15) is 0 Å². The lowest BCUT2D eigenvalue weighted by Crippen LogP contribution is -2.24. The molecule has 1 heterocycles. The van der Waals surface area contributed by atoms with Crippen molar-refractivity contribution < 1.29 is 5.11 Å². The first-order valence-corrected chi connectivity index (χ1v) is 7.62. The monoisotopic (exact) mass is 267 g/mol. The average Bonchev–Trinajstić information content (AvgIpc) is 3.02. The summed E-state index contributed by atoms with van der Waals surface area (Å²) in [4.78, 5) is 2.61. The summed E-state index contributed by atoms with van der Waals surface area (Å²) in [5, 5.41) is 11.8. The first-order valence-electron chi connectivity index (χ1n) is 7.62. The summed E-state index contributed by atoms with van der Waals surface area (Å²) >= 11 is 0. The number of phenolic OH excluding ortho intramolecular Hbond substituents is 1. The van der Waals surface area contributed by atoms with Gasteiger partial charge in [0.1, 0.15) is 5.75 Å². The molecule has 0 aromatic heterocycles. The molecule has 2 aromatic carbocycles. The number of hydrogen-bond acceptors (Lipinski definition) is 2. The molecule has 0 spiro atoms. The molecule has 1 saturated carbocycles. The van der Waals surface area contributed by atoms with Gasteiger partial charge >= 0.3 is 0 Å². The van der Waals surface area contributed by atoms with Crippen LogP contribution in [0.25, 0.3) is 10.8 Å². The van der Waals surface area contributed by atoms with E-state index in [4.69, 9.17) is 0 Å². The van der Waals surface area contributed by atoms with Crippen LogP contribution in [0, 0.1) is 11.3 Å². The molecule has 1 aliphatic heterocycles. The van der Waals surface area contributed by atoms with Crippen molar-refractivity contribution in [3.8, 4) is 5.75 Å². The number of rotatable bonds is 3. The molecule has 0 amide bonds. The molecular weight excluding hydrogens is 246 g/mol. The van der Waals surface area contributed by atoms with Crippen molar-refractivity contribution >= 4 is 10.8 Å². The fourth-order valence-electron chi connectivity index (χ4n) is 4.01. The quantitative estimate of drug-likeness (QED) is 0.915. The Balaban J connectivity index is 1.53. The van der Waals surface area contributed by atoms with E-state index in [2.05, 4.69) is 30.0 Å². The van der Waals surface area contributed by atoms with E-state index in [1.54, 1.807) is 6.07 Å². The van der Waals surface area contributed by atoms with Crippen molar-refractivity contribution in [1.29, 1.82) is 0 Å².